The molecule has 0 radical (unpaired) electrons. The van der Waals surface area contributed by atoms with Crippen LogP contribution in [0.25, 0.3) is 0 Å². The smallest absolute Gasteiger partial charge is 0.357 e. The Morgan fingerprint density at radius 3 is 2.62 bits per heavy atom. The molecule has 0 aliphatic rings. The summed E-state index contributed by atoms with van der Waals surface area (Å²) in [6.07, 6.45) is 0. The van der Waals surface area contributed by atoms with Gasteiger partial charge in [0.2, 0.25) is 0 Å². The zero-order valence-corrected chi connectivity index (χ0v) is 10.6. The van der Waals surface area contributed by atoms with Crippen LogP contribution in [0.4, 0.5) is 3.89 Å². The summed E-state index contributed by atoms with van der Waals surface area (Å²) in [5.74, 6) is -0.0301. The van der Waals surface area contributed by atoms with E-state index in [-0.39, 0.29) is 5.75 Å². The highest BCUT2D eigenvalue weighted by molar-refractivity contribution is 14.1. The van der Waals surface area contributed by atoms with Crippen LogP contribution < -0.4 is 4.18 Å². The lowest BCUT2D eigenvalue weighted by Crippen LogP contribution is -2.02. The van der Waals surface area contributed by atoms with E-state index in [1.54, 1.807) is 12.1 Å². The third kappa shape index (κ3) is 3.77. The van der Waals surface area contributed by atoms with E-state index in [1.807, 2.05) is 22.6 Å². The van der Waals surface area contributed by atoms with Crippen molar-refractivity contribution in [3.05, 3.63) is 26.2 Å². The second kappa shape index (κ2) is 4.09. The Hall–Kier alpha value is 0.110. The molecule has 1 aromatic rings. The van der Waals surface area contributed by atoms with Crippen LogP contribution in [0.15, 0.2) is 22.7 Å². The van der Waals surface area contributed by atoms with Crippen molar-refractivity contribution in [1.82, 2.24) is 0 Å². The van der Waals surface area contributed by atoms with Gasteiger partial charge in [-0.05, 0) is 40.8 Å². The highest BCUT2D eigenvalue weighted by Crippen LogP contribution is 2.26. The summed E-state index contributed by atoms with van der Waals surface area (Å²) in [6.45, 7) is 0. The van der Waals surface area contributed by atoms with Gasteiger partial charge in [-0.2, -0.15) is 8.42 Å². The third-order valence-corrected chi connectivity index (χ3v) is 2.85. The number of rotatable bonds is 2. The van der Waals surface area contributed by atoms with Crippen LogP contribution in [0, 0.1) is 3.57 Å². The van der Waals surface area contributed by atoms with Gasteiger partial charge in [-0.1, -0.05) is 19.8 Å². The maximum absolute atomic E-state index is 12.1. The van der Waals surface area contributed by atoms with Gasteiger partial charge in [0.1, 0.15) is 0 Å². The SMILES string of the molecule is O=S(=O)(F)Oc1cc(Br)ccc1I. The first-order chi connectivity index (χ1) is 5.88. The largest absolute Gasteiger partial charge is 0.488 e. The Kier molecular flexibility index (Phi) is 3.52. The predicted molar refractivity (Wildman–Crippen MR) is 57.5 cm³/mol. The van der Waals surface area contributed by atoms with Crippen LogP contribution >= 0.6 is 38.5 Å². The van der Waals surface area contributed by atoms with E-state index in [4.69, 9.17) is 0 Å². The van der Waals surface area contributed by atoms with E-state index in [2.05, 4.69) is 20.1 Å². The normalized spacial score (nSPS) is 11.3. The number of benzene rings is 1. The van der Waals surface area contributed by atoms with Crippen molar-refractivity contribution in [2.45, 2.75) is 0 Å². The molecule has 0 aromatic heterocycles. The predicted octanol–water partition coefficient (Wildman–Crippen LogP) is 2.65. The summed E-state index contributed by atoms with van der Waals surface area (Å²) >= 11 is 4.94. The Balaban J connectivity index is 3.08. The lowest BCUT2D eigenvalue weighted by atomic mass is 10.3. The lowest BCUT2D eigenvalue weighted by Gasteiger charge is -2.02. The van der Waals surface area contributed by atoms with E-state index in [9.17, 15) is 12.3 Å². The van der Waals surface area contributed by atoms with E-state index in [0.717, 1.165) is 0 Å². The average molecular weight is 381 g/mol. The summed E-state index contributed by atoms with van der Waals surface area (Å²) in [5, 5.41) is 0. The van der Waals surface area contributed by atoms with Crippen molar-refractivity contribution >= 4 is 49.0 Å². The van der Waals surface area contributed by atoms with E-state index < -0.39 is 10.5 Å². The molecule has 0 aliphatic heterocycles. The van der Waals surface area contributed by atoms with Gasteiger partial charge in [0.15, 0.2) is 5.75 Å². The van der Waals surface area contributed by atoms with Crippen molar-refractivity contribution in [2.75, 3.05) is 0 Å². The van der Waals surface area contributed by atoms with Gasteiger partial charge in [-0.15, -0.1) is 0 Å². The zero-order valence-electron chi connectivity index (χ0n) is 6.00. The Morgan fingerprint density at radius 1 is 1.46 bits per heavy atom. The van der Waals surface area contributed by atoms with Crippen LogP contribution in [-0.2, 0) is 10.5 Å². The minimum absolute atomic E-state index is 0.0301. The van der Waals surface area contributed by atoms with Crippen LogP contribution in [0.2, 0.25) is 0 Å². The second-order valence-corrected chi connectivity index (χ2v) is 5.08. The molecule has 0 bridgehead atoms. The zero-order chi connectivity index (χ0) is 10.1. The van der Waals surface area contributed by atoms with E-state index >= 15 is 0 Å². The monoisotopic (exact) mass is 380 g/mol. The molecule has 3 nitrogen and oxygen atoms in total. The first-order valence-electron chi connectivity index (χ1n) is 2.97. The maximum Gasteiger partial charge on any atom is 0.488 e. The molecule has 0 saturated carbocycles. The van der Waals surface area contributed by atoms with Crippen LogP contribution in [0.3, 0.4) is 0 Å². The first kappa shape index (κ1) is 11.2. The standard InChI is InChI=1S/C6H3BrFIO3S/c7-4-1-2-5(9)6(3-4)12-13(8,10)11/h1-3H. The summed E-state index contributed by atoms with van der Waals surface area (Å²) in [5.41, 5.74) is 0. The lowest BCUT2D eigenvalue weighted by molar-refractivity contribution is 0.438. The van der Waals surface area contributed by atoms with Gasteiger partial charge in [0.05, 0.1) is 3.57 Å². The molecule has 0 aliphatic carbocycles. The van der Waals surface area contributed by atoms with Crippen molar-refractivity contribution in [3.8, 4) is 5.75 Å². The molecule has 1 aromatic carbocycles. The molecule has 0 amide bonds. The van der Waals surface area contributed by atoms with Crippen molar-refractivity contribution in [2.24, 2.45) is 0 Å². The summed E-state index contributed by atoms with van der Waals surface area (Å²) < 4.78 is 37.6. The van der Waals surface area contributed by atoms with Crippen LogP contribution in [-0.4, -0.2) is 8.42 Å². The van der Waals surface area contributed by atoms with Gasteiger partial charge in [-0.25, -0.2) is 0 Å². The summed E-state index contributed by atoms with van der Waals surface area (Å²) in [4.78, 5) is 0. The molecule has 0 unspecified atom stereocenters. The molecule has 0 spiro atoms. The Morgan fingerprint density at radius 2 is 2.08 bits per heavy atom. The molecular formula is C6H3BrFIO3S. The molecule has 0 fully saturated rings. The van der Waals surface area contributed by atoms with E-state index in [0.29, 0.717) is 8.04 Å². The van der Waals surface area contributed by atoms with Crippen LogP contribution in [0.1, 0.15) is 0 Å². The number of halogens is 3. The molecule has 13 heavy (non-hydrogen) atoms. The molecule has 0 N–H and O–H groups in total. The molecule has 1 rings (SSSR count). The summed E-state index contributed by atoms with van der Waals surface area (Å²) in [7, 11) is -4.94. The molecule has 7 heteroatoms. The Bertz CT molecular complexity index is 420. The van der Waals surface area contributed by atoms with Crippen molar-refractivity contribution < 1.29 is 16.5 Å². The van der Waals surface area contributed by atoms with Crippen molar-refractivity contribution in [3.63, 3.8) is 0 Å². The first-order valence-corrected chi connectivity index (χ1v) is 6.15. The fourth-order valence-electron chi connectivity index (χ4n) is 0.648. The van der Waals surface area contributed by atoms with Gasteiger partial charge < -0.3 is 4.18 Å². The van der Waals surface area contributed by atoms with E-state index in [1.165, 1.54) is 6.07 Å². The fraction of sp³-hybridized carbons (Fsp3) is 0. The van der Waals surface area contributed by atoms with Gasteiger partial charge >= 0.3 is 10.5 Å². The van der Waals surface area contributed by atoms with Gasteiger partial charge in [0.25, 0.3) is 0 Å². The molecule has 0 saturated heterocycles. The van der Waals surface area contributed by atoms with Crippen molar-refractivity contribution in [1.29, 1.82) is 0 Å². The average Bonchev–Trinajstić information content (AvgIpc) is 1.94. The third-order valence-electron chi connectivity index (χ3n) is 1.08. The Labute approximate surface area is 97.0 Å². The number of hydrogen-bond acceptors (Lipinski definition) is 3. The minimum atomic E-state index is -4.94. The highest BCUT2D eigenvalue weighted by atomic mass is 127. The molecule has 0 heterocycles. The fourth-order valence-corrected chi connectivity index (χ4v) is 1.94. The topological polar surface area (TPSA) is 43.4 Å². The summed E-state index contributed by atoms with van der Waals surface area (Å²) in [6, 6.07) is 4.67. The van der Waals surface area contributed by atoms with Gasteiger partial charge in [0, 0.05) is 4.47 Å². The second-order valence-electron chi connectivity index (χ2n) is 2.05. The minimum Gasteiger partial charge on any atom is -0.357 e. The molecule has 0 atom stereocenters. The maximum atomic E-state index is 12.1. The number of hydrogen-bond donors (Lipinski definition) is 0. The van der Waals surface area contributed by atoms with Gasteiger partial charge in [-0.3, -0.25) is 0 Å². The van der Waals surface area contributed by atoms with Crippen LogP contribution in [0.5, 0.6) is 5.75 Å². The molecular weight excluding hydrogens is 378 g/mol. The molecule has 72 valence electrons. The highest BCUT2D eigenvalue weighted by Gasteiger charge is 2.12. The quantitative estimate of drug-likeness (QED) is 0.585.